The number of likely N-dealkylation sites (tertiary alicyclic amines) is 1. The van der Waals surface area contributed by atoms with Crippen molar-refractivity contribution in [2.45, 2.75) is 26.5 Å². The first kappa shape index (κ1) is 21.9. The van der Waals surface area contributed by atoms with Crippen LogP contribution in [0.2, 0.25) is 0 Å². The van der Waals surface area contributed by atoms with Gasteiger partial charge in [-0.25, -0.2) is 4.98 Å². The first-order valence-electron chi connectivity index (χ1n) is 9.57. The lowest BCUT2D eigenvalue weighted by atomic mass is 10.1. The number of anilines is 1. The van der Waals surface area contributed by atoms with Crippen LogP contribution >= 0.6 is 7.60 Å². The van der Waals surface area contributed by atoms with Crippen LogP contribution in [0.5, 0.6) is 0 Å². The number of hydrogen-bond acceptors (Lipinski definition) is 9. The molecule has 162 valence electrons. The third kappa shape index (κ3) is 5.25. The molecule has 0 saturated carbocycles. The highest BCUT2D eigenvalue weighted by Crippen LogP contribution is 2.47. The van der Waals surface area contributed by atoms with Gasteiger partial charge in [0, 0.05) is 37.3 Å². The van der Waals surface area contributed by atoms with Gasteiger partial charge in [0.15, 0.2) is 0 Å². The maximum absolute atomic E-state index is 12.4. The number of nitrogens with one attached hydrogen (secondary N) is 2. The van der Waals surface area contributed by atoms with Gasteiger partial charge in [0.25, 0.3) is 5.56 Å². The Bertz CT molecular complexity index is 921. The third-order valence-corrected chi connectivity index (χ3v) is 6.54. The van der Waals surface area contributed by atoms with Crippen LogP contribution in [0.3, 0.4) is 0 Å². The van der Waals surface area contributed by atoms with Gasteiger partial charge in [-0.1, -0.05) is 0 Å². The van der Waals surface area contributed by atoms with E-state index >= 15 is 0 Å². The number of hydrogen-bond donors (Lipinski definition) is 4. The van der Waals surface area contributed by atoms with Crippen molar-refractivity contribution in [1.29, 1.82) is 0 Å². The maximum atomic E-state index is 12.4. The van der Waals surface area contributed by atoms with E-state index in [1.54, 1.807) is 20.0 Å². The molecule has 29 heavy (non-hydrogen) atoms. The standard InChI is InChI=1S/C17H28N5O6P/c1-3-27-29(25,28-4-2)10-26-9-12-7-22(8-13(12)23)6-11-5-19-15-14(11)20-17(18)21-16(15)24/h5,12-13,19,23H,3-4,6-10H2,1-2H3,(H3,18,20,21,24). The van der Waals surface area contributed by atoms with E-state index in [1.807, 2.05) is 4.90 Å². The van der Waals surface area contributed by atoms with Gasteiger partial charge in [-0.3, -0.25) is 19.2 Å². The monoisotopic (exact) mass is 429 g/mol. The van der Waals surface area contributed by atoms with E-state index in [0.717, 1.165) is 5.56 Å². The highest BCUT2D eigenvalue weighted by atomic mass is 31.2. The fourth-order valence-electron chi connectivity index (χ4n) is 3.50. The topological polar surface area (TPSA) is 156 Å². The average Bonchev–Trinajstić information content (AvgIpc) is 3.19. The van der Waals surface area contributed by atoms with Crippen molar-refractivity contribution in [3.63, 3.8) is 0 Å². The number of H-pyrrole nitrogens is 2. The Labute approximate surface area is 168 Å². The molecule has 3 rings (SSSR count). The Morgan fingerprint density at radius 2 is 2.07 bits per heavy atom. The number of aliphatic hydroxyl groups excluding tert-OH is 1. The fraction of sp³-hybridized carbons (Fsp3) is 0.647. The van der Waals surface area contributed by atoms with Crippen LogP contribution in [0.25, 0.3) is 11.0 Å². The number of nitrogen functional groups attached to an aromatic ring is 1. The molecule has 1 fully saturated rings. The largest absolute Gasteiger partial charge is 0.391 e. The second-order valence-electron chi connectivity index (χ2n) is 6.96. The Hall–Kier alpha value is -1.75. The van der Waals surface area contributed by atoms with E-state index in [9.17, 15) is 14.5 Å². The van der Waals surface area contributed by atoms with Crippen LogP contribution < -0.4 is 11.3 Å². The zero-order valence-corrected chi connectivity index (χ0v) is 17.5. The molecule has 0 amide bonds. The molecule has 3 heterocycles. The van der Waals surface area contributed by atoms with Gasteiger partial charge in [0.2, 0.25) is 5.95 Å². The molecule has 12 heteroatoms. The second-order valence-corrected chi connectivity index (χ2v) is 8.95. The number of aliphatic hydroxyl groups is 1. The zero-order valence-electron chi connectivity index (χ0n) is 16.6. The van der Waals surface area contributed by atoms with Gasteiger partial charge in [-0.15, -0.1) is 0 Å². The van der Waals surface area contributed by atoms with Gasteiger partial charge in [0.1, 0.15) is 17.4 Å². The predicted octanol–water partition coefficient (Wildman–Crippen LogP) is 0.866. The maximum Gasteiger partial charge on any atom is 0.356 e. The quantitative estimate of drug-likeness (QED) is 0.402. The SMILES string of the molecule is CCOP(=O)(COCC1CN(Cc2c[nH]c3c(=O)[nH]c(N)nc23)CC1O)OCC. The molecule has 0 radical (unpaired) electrons. The molecule has 0 spiro atoms. The lowest BCUT2D eigenvalue weighted by molar-refractivity contribution is 0.0607. The fourth-order valence-corrected chi connectivity index (χ4v) is 4.84. The molecule has 2 aromatic rings. The normalized spacial score (nSPS) is 20.7. The molecule has 2 aromatic heterocycles. The number of β-amino-alcohol motifs (C(OH)–C–C–N with tert-alkyl or cyclic N) is 1. The van der Waals surface area contributed by atoms with Crippen LogP contribution in [0, 0.1) is 5.92 Å². The molecule has 1 aliphatic heterocycles. The molecule has 2 unspecified atom stereocenters. The van der Waals surface area contributed by atoms with Crippen molar-refractivity contribution < 1.29 is 23.5 Å². The summed E-state index contributed by atoms with van der Waals surface area (Å²) < 4.78 is 28.4. The third-order valence-electron chi connectivity index (χ3n) is 4.74. The summed E-state index contributed by atoms with van der Waals surface area (Å²) in [5, 5.41) is 10.4. The smallest absolute Gasteiger partial charge is 0.356 e. The first-order valence-corrected chi connectivity index (χ1v) is 11.3. The van der Waals surface area contributed by atoms with Gasteiger partial charge in [0.05, 0.1) is 25.9 Å². The lowest BCUT2D eigenvalue weighted by Crippen LogP contribution is -2.23. The van der Waals surface area contributed by atoms with Crippen LogP contribution in [0.4, 0.5) is 5.95 Å². The Morgan fingerprint density at radius 1 is 1.34 bits per heavy atom. The second kappa shape index (κ2) is 9.38. The minimum absolute atomic E-state index is 0.0594. The van der Waals surface area contributed by atoms with Crippen molar-refractivity contribution in [3.8, 4) is 0 Å². The number of aromatic amines is 2. The highest BCUT2D eigenvalue weighted by molar-refractivity contribution is 7.53. The summed E-state index contributed by atoms with van der Waals surface area (Å²) in [6.07, 6.45) is 0.996. The van der Waals surface area contributed by atoms with Crippen LogP contribution in [-0.4, -0.2) is 70.3 Å². The van der Waals surface area contributed by atoms with E-state index in [0.29, 0.717) is 30.7 Å². The summed E-state index contributed by atoms with van der Waals surface area (Å²) >= 11 is 0. The van der Waals surface area contributed by atoms with E-state index in [-0.39, 0.29) is 43.6 Å². The zero-order chi connectivity index (χ0) is 21.0. The number of fused-ring (bicyclic) bond motifs is 1. The minimum atomic E-state index is -3.27. The van der Waals surface area contributed by atoms with E-state index in [4.69, 9.17) is 19.5 Å². The van der Waals surface area contributed by atoms with Crippen LogP contribution in [-0.2, 0) is 24.9 Å². The molecule has 11 nitrogen and oxygen atoms in total. The molecule has 5 N–H and O–H groups in total. The molecule has 0 aromatic carbocycles. The van der Waals surface area contributed by atoms with E-state index < -0.39 is 13.7 Å². The van der Waals surface area contributed by atoms with Crippen molar-refractivity contribution in [2.75, 3.05) is 45.0 Å². The van der Waals surface area contributed by atoms with Gasteiger partial charge < -0.3 is 29.6 Å². The molecule has 1 saturated heterocycles. The number of rotatable bonds is 10. The molecule has 0 bridgehead atoms. The summed E-state index contributed by atoms with van der Waals surface area (Å²) in [7, 11) is -3.27. The van der Waals surface area contributed by atoms with Crippen LogP contribution in [0.1, 0.15) is 19.4 Å². The number of aromatic nitrogens is 3. The molecule has 2 atom stereocenters. The van der Waals surface area contributed by atoms with Gasteiger partial charge in [-0.05, 0) is 13.8 Å². The Morgan fingerprint density at radius 3 is 2.76 bits per heavy atom. The molecule has 1 aliphatic rings. The number of ether oxygens (including phenoxy) is 1. The highest BCUT2D eigenvalue weighted by Gasteiger charge is 2.33. The Balaban J connectivity index is 1.57. The minimum Gasteiger partial charge on any atom is -0.391 e. The van der Waals surface area contributed by atoms with Gasteiger partial charge in [-0.2, -0.15) is 0 Å². The molecular weight excluding hydrogens is 401 g/mol. The average molecular weight is 429 g/mol. The summed E-state index contributed by atoms with van der Waals surface area (Å²) in [4.78, 5) is 23.6. The van der Waals surface area contributed by atoms with Crippen molar-refractivity contribution in [1.82, 2.24) is 19.9 Å². The molecular formula is C17H28N5O6P. The van der Waals surface area contributed by atoms with Crippen molar-refractivity contribution >= 4 is 24.6 Å². The Kier molecular flexibility index (Phi) is 7.10. The number of nitrogens with two attached hydrogens (primary N) is 1. The summed E-state index contributed by atoms with van der Waals surface area (Å²) in [6.45, 7) is 5.80. The lowest BCUT2D eigenvalue weighted by Gasteiger charge is -2.19. The van der Waals surface area contributed by atoms with E-state index in [1.165, 1.54) is 0 Å². The summed E-state index contributed by atoms with van der Waals surface area (Å²) in [5.74, 6) is -0.0811. The number of nitrogens with zero attached hydrogens (tertiary/aromatic N) is 2. The van der Waals surface area contributed by atoms with Gasteiger partial charge >= 0.3 is 7.60 Å². The summed E-state index contributed by atoms with van der Waals surface area (Å²) in [5.41, 5.74) is 7.04. The van der Waals surface area contributed by atoms with E-state index in [2.05, 4.69) is 15.0 Å². The first-order chi connectivity index (χ1) is 13.8. The van der Waals surface area contributed by atoms with Crippen LogP contribution in [0.15, 0.2) is 11.0 Å². The molecule has 0 aliphatic carbocycles. The summed E-state index contributed by atoms with van der Waals surface area (Å²) in [6, 6.07) is 0. The van der Waals surface area contributed by atoms with Crippen molar-refractivity contribution in [3.05, 3.63) is 22.1 Å². The van der Waals surface area contributed by atoms with Crippen molar-refractivity contribution in [2.24, 2.45) is 5.92 Å². The predicted molar refractivity (Wildman–Crippen MR) is 108 cm³/mol.